The zero-order chi connectivity index (χ0) is 14.7. The van der Waals surface area contributed by atoms with E-state index in [1.807, 2.05) is 18.2 Å². The van der Waals surface area contributed by atoms with E-state index in [1.165, 1.54) is 12.8 Å². The predicted molar refractivity (Wildman–Crippen MR) is 87.9 cm³/mol. The first-order chi connectivity index (χ1) is 10.3. The predicted octanol–water partition coefficient (Wildman–Crippen LogP) is 4.66. The van der Waals surface area contributed by atoms with E-state index in [2.05, 4.69) is 36.5 Å². The molecule has 0 aliphatic heterocycles. The number of ether oxygens (including phenoxy) is 1. The van der Waals surface area contributed by atoms with Crippen LogP contribution in [0, 0.1) is 0 Å². The highest BCUT2D eigenvalue weighted by Gasteiger charge is 2.23. The van der Waals surface area contributed by atoms with E-state index in [0.717, 1.165) is 40.6 Å². The largest absolute Gasteiger partial charge is 0.490 e. The molecular formula is C18H20ClNO. The summed E-state index contributed by atoms with van der Waals surface area (Å²) in [7, 11) is 0. The van der Waals surface area contributed by atoms with Gasteiger partial charge in [0, 0.05) is 11.6 Å². The number of benzene rings is 2. The molecule has 1 aliphatic carbocycles. The van der Waals surface area contributed by atoms with Gasteiger partial charge in [0.1, 0.15) is 5.75 Å². The second-order valence-corrected chi connectivity index (χ2v) is 5.84. The van der Waals surface area contributed by atoms with Gasteiger partial charge >= 0.3 is 0 Å². The van der Waals surface area contributed by atoms with Crippen LogP contribution in [0.4, 0.5) is 0 Å². The minimum absolute atomic E-state index is 0.423. The minimum Gasteiger partial charge on any atom is -0.490 e. The highest BCUT2D eigenvalue weighted by atomic mass is 35.5. The monoisotopic (exact) mass is 301 g/mol. The summed E-state index contributed by atoms with van der Waals surface area (Å²) in [6, 6.07) is 14.5. The first-order valence-corrected chi connectivity index (χ1v) is 7.90. The molecule has 0 unspecified atom stereocenters. The first kappa shape index (κ1) is 14.4. The van der Waals surface area contributed by atoms with Crippen LogP contribution in [0.15, 0.2) is 42.5 Å². The molecule has 0 saturated heterocycles. The van der Waals surface area contributed by atoms with E-state index in [4.69, 9.17) is 16.3 Å². The van der Waals surface area contributed by atoms with Crippen molar-refractivity contribution in [1.82, 2.24) is 5.32 Å². The van der Waals surface area contributed by atoms with E-state index in [-0.39, 0.29) is 0 Å². The van der Waals surface area contributed by atoms with Crippen molar-refractivity contribution in [2.75, 3.05) is 6.54 Å². The number of halogens is 1. The second kappa shape index (κ2) is 6.50. The lowest BCUT2D eigenvalue weighted by Crippen LogP contribution is -2.11. The van der Waals surface area contributed by atoms with Crippen molar-refractivity contribution in [2.24, 2.45) is 0 Å². The highest BCUT2D eigenvalue weighted by molar-refractivity contribution is 6.31. The molecule has 2 nitrogen and oxygen atoms in total. The average molecular weight is 302 g/mol. The topological polar surface area (TPSA) is 21.3 Å². The molecule has 0 bridgehead atoms. The lowest BCUT2D eigenvalue weighted by molar-refractivity contribution is 0.303. The maximum atomic E-state index is 6.38. The zero-order valence-electron chi connectivity index (χ0n) is 12.2. The van der Waals surface area contributed by atoms with Crippen LogP contribution in [0.25, 0.3) is 11.1 Å². The maximum Gasteiger partial charge on any atom is 0.120 e. The van der Waals surface area contributed by atoms with Crippen molar-refractivity contribution in [3.63, 3.8) is 0 Å². The Morgan fingerprint density at radius 3 is 2.67 bits per heavy atom. The van der Waals surface area contributed by atoms with Crippen LogP contribution in [0.1, 0.15) is 25.3 Å². The third kappa shape index (κ3) is 3.78. The molecule has 0 atom stereocenters. The van der Waals surface area contributed by atoms with Crippen molar-refractivity contribution in [2.45, 2.75) is 32.4 Å². The summed E-state index contributed by atoms with van der Waals surface area (Å²) in [6.45, 7) is 3.84. The van der Waals surface area contributed by atoms with Gasteiger partial charge in [-0.15, -0.1) is 0 Å². The van der Waals surface area contributed by atoms with Crippen molar-refractivity contribution in [1.29, 1.82) is 0 Å². The molecular weight excluding hydrogens is 282 g/mol. The van der Waals surface area contributed by atoms with Gasteiger partial charge in [-0.05, 0) is 54.3 Å². The van der Waals surface area contributed by atoms with Gasteiger partial charge in [0.05, 0.1) is 6.10 Å². The van der Waals surface area contributed by atoms with Gasteiger partial charge in [-0.1, -0.05) is 42.8 Å². The quantitative estimate of drug-likeness (QED) is 0.838. The number of nitrogens with one attached hydrogen (secondary N) is 1. The molecule has 0 heterocycles. The van der Waals surface area contributed by atoms with Crippen molar-refractivity contribution < 1.29 is 4.74 Å². The van der Waals surface area contributed by atoms with Gasteiger partial charge in [-0.2, -0.15) is 0 Å². The van der Waals surface area contributed by atoms with E-state index in [9.17, 15) is 0 Å². The molecule has 0 aromatic heterocycles. The van der Waals surface area contributed by atoms with E-state index in [0.29, 0.717) is 6.10 Å². The molecule has 3 heteroatoms. The molecule has 1 saturated carbocycles. The normalized spacial score (nSPS) is 14.2. The Morgan fingerprint density at radius 1 is 1.14 bits per heavy atom. The van der Waals surface area contributed by atoms with Crippen LogP contribution in [0.2, 0.25) is 5.02 Å². The summed E-state index contributed by atoms with van der Waals surface area (Å²) < 4.78 is 5.85. The van der Waals surface area contributed by atoms with Crippen molar-refractivity contribution in [3.05, 3.63) is 53.1 Å². The lowest BCUT2D eigenvalue weighted by atomic mass is 10.0. The highest BCUT2D eigenvalue weighted by Crippen LogP contribution is 2.31. The fraction of sp³-hybridized carbons (Fsp3) is 0.333. The Kier molecular flexibility index (Phi) is 4.47. The third-order valence-electron chi connectivity index (χ3n) is 3.61. The summed E-state index contributed by atoms with van der Waals surface area (Å²) >= 11 is 6.38. The van der Waals surface area contributed by atoms with Gasteiger partial charge in [0.25, 0.3) is 0 Å². The molecule has 1 aliphatic rings. The number of hydrogen-bond donors (Lipinski definition) is 1. The zero-order valence-corrected chi connectivity index (χ0v) is 13.0. The molecule has 1 N–H and O–H groups in total. The Bertz CT molecular complexity index is 622. The average Bonchev–Trinajstić information content (AvgIpc) is 3.30. The molecule has 0 spiro atoms. The maximum absolute atomic E-state index is 6.38. The molecule has 1 fully saturated rings. The fourth-order valence-electron chi connectivity index (χ4n) is 2.26. The van der Waals surface area contributed by atoms with Crippen LogP contribution < -0.4 is 10.1 Å². The lowest BCUT2D eigenvalue weighted by Gasteiger charge is -2.10. The Hall–Kier alpha value is -1.51. The molecule has 21 heavy (non-hydrogen) atoms. The first-order valence-electron chi connectivity index (χ1n) is 7.52. The summed E-state index contributed by atoms with van der Waals surface area (Å²) in [4.78, 5) is 0. The summed E-state index contributed by atoms with van der Waals surface area (Å²) in [5, 5.41) is 4.11. The minimum atomic E-state index is 0.423. The van der Waals surface area contributed by atoms with Gasteiger partial charge in [0.15, 0.2) is 0 Å². The smallest absolute Gasteiger partial charge is 0.120 e. The standard InChI is InChI=1S/C18H20ClNO/c1-2-20-12-15-7-6-14(11-18(15)19)13-4-3-5-17(10-13)21-16-8-9-16/h3-7,10-11,16,20H,2,8-9,12H2,1H3. The molecule has 0 amide bonds. The van der Waals surface area contributed by atoms with Gasteiger partial charge in [0.2, 0.25) is 0 Å². The summed E-state index contributed by atoms with van der Waals surface area (Å²) in [6.07, 6.45) is 2.77. The van der Waals surface area contributed by atoms with Crippen molar-refractivity contribution >= 4 is 11.6 Å². The van der Waals surface area contributed by atoms with E-state index < -0.39 is 0 Å². The molecule has 2 aromatic carbocycles. The summed E-state index contributed by atoms with van der Waals surface area (Å²) in [5.41, 5.74) is 3.40. The summed E-state index contributed by atoms with van der Waals surface area (Å²) in [5.74, 6) is 0.947. The Morgan fingerprint density at radius 2 is 1.95 bits per heavy atom. The van der Waals surface area contributed by atoms with Crippen LogP contribution in [0.3, 0.4) is 0 Å². The van der Waals surface area contributed by atoms with Gasteiger partial charge in [-0.25, -0.2) is 0 Å². The van der Waals surface area contributed by atoms with Crippen LogP contribution in [-0.2, 0) is 6.54 Å². The molecule has 3 rings (SSSR count). The number of hydrogen-bond acceptors (Lipinski definition) is 2. The van der Waals surface area contributed by atoms with Crippen LogP contribution >= 0.6 is 11.6 Å². The van der Waals surface area contributed by atoms with E-state index >= 15 is 0 Å². The second-order valence-electron chi connectivity index (χ2n) is 5.43. The molecule has 2 aromatic rings. The Labute approximate surface area is 131 Å². The van der Waals surface area contributed by atoms with Gasteiger partial charge < -0.3 is 10.1 Å². The van der Waals surface area contributed by atoms with Crippen molar-refractivity contribution in [3.8, 4) is 16.9 Å². The number of rotatable bonds is 6. The SMILES string of the molecule is CCNCc1ccc(-c2cccc(OC3CC3)c2)cc1Cl. The third-order valence-corrected chi connectivity index (χ3v) is 3.96. The van der Waals surface area contributed by atoms with Gasteiger partial charge in [-0.3, -0.25) is 0 Å². The van der Waals surface area contributed by atoms with E-state index in [1.54, 1.807) is 0 Å². The fourth-order valence-corrected chi connectivity index (χ4v) is 2.50. The van der Waals surface area contributed by atoms with Crippen LogP contribution in [0.5, 0.6) is 5.75 Å². The van der Waals surface area contributed by atoms with Crippen LogP contribution in [-0.4, -0.2) is 12.6 Å². The molecule has 110 valence electrons. The Balaban J connectivity index is 1.80. The molecule has 0 radical (unpaired) electrons.